The van der Waals surface area contributed by atoms with Crippen LogP contribution in [0, 0.1) is 0 Å². The maximum absolute atomic E-state index is 13.3. The highest BCUT2D eigenvalue weighted by molar-refractivity contribution is 7.99. The molecule has 0 radical (unpaired) electrons. The van der Waals surface area contributed by atoms with E-state index in [0.717, 1.165) is 53.4 Å². The molecule has 2 aromatic heterocycles. The van der Waals surface area contributed by atoms with Crippen molar-refractivity contribution in [2.24, 2.45) is 0 Å². The van der Waals surface area contributed by atoms with Crippen LogP contribution in [0.15, 0.2) is 29.6 Å². The number of carbonyl (C=O) groups excluding carboxylic acids is 1. The van der Waals surface area contributed by atoms with Crippen LogP contribution in [0.3, 0.4) is 0 Å². The van der Waals surface area contributed by atoms with E-state index in [1.807, 2.05) is 11.0 Å². The molecule has 126 valence electrons. The Morgan fingerprint density at radius 3 is 3.00 bits per heavy atom. The molecule has 1 amide bonds. The topological polar surface area (TPSA) is 51.0 Å². The summed E-state index contributed by atoms with van der Waals surface area (Å²) in [6.07, 6.45) is 8.71. The molecule has 2 aliphatic rings. The molecule has 1 aliphatic carbocycles. The molecular formula is C18H22N4OS. The van der Waals surface area contributed by atoms with Crippen molar-refractivity contribution in [2.75, 3.05) is 17.2 Å². The lowest BCUT2D eigenvalue weighted by Crippen LogP contribution is -2.36. The second kappa shape index (κ2) is 6.24. The molecule has 1 atom stereocenters. The molecule has 3 heterocycles. The Morgan fingerprint density at radius 2 is 2.25 bits per heavy atom. The highest BCUT2D eigenvalue weighted by Crippen LogP contribution is 2.43. The van der Waals surface area contributed by atoms with Crippen LogP contribution in [0.5, 0.6) is 0 Å². The summed E-state index contributed by atoms with van der Waals surface area (Å²) in [5.41, 5.74) is 2.84. The molecule has 2 aromatic rings. The maximum atomic E-state index is 13.3. The molecule has 5 nitrogen and oxygen atoms in total. The van der Waals surface area contributed by atoms with Crippen LogP contribution in [0.25, 0.3) is 0 Å². The van der Waals surface area contributed by atoms with Gasteiger partial charge < -0.3 is 4.90 Å². The van der Waals surface area contributed by atoms with E-state index in [2.05, 4.69) is 28.6 Å². The van der Waals surface area contributed by atoms with Crippen LogP contribution in [-0.4, -0.2) is 33.0 Å². The summed E-state index contributed by atoms with van der Waals surface area (Å²) < 4.78 is 2.08. The number of thioether (sulfide) groups is 1. The first-order valence-corrected chi connectivity index (χ1v) is 9.65. The molecule has 0 spiro atoms. The molecule has 24 heavy (non-hydrogen) atoms. The van der Waals surface area contributed by atoms with Gasteiger partial charge in [0.1, 0.15) is 0 Å². The van der Waals surface area contributed by atoms with Gasteiger partial charge in [-0.05, 0) is 32.3 Å². The lowest BCUT2D eigenvalue weighted by molar-refractivity contribution is 0.0986. The third-order valence-corrected chi connectivity index (χ3v) is 5.95. The van der Waals surface area contributed by atoms with Crippen molar-refractivity contribution >= 4 is 23.4 Å². The van der Waals surface area contributed by atoms with Crippen LogP contribution in [-0.2, 0) is 0 Å². The van der Waals surface area contributed by atoms with Crippen LogP contribution in [0.1, 0.15) is 61.1 Å². The minimum Gasteiger partial charge on any atom is -0.305 e. The minimum absolute atomic E-state index is 0.0704. The van der Waals surface area contributed by atoms with E-state index in [9.17, 15) is 4.79 Å². The first-order valence-electron chi connectivity index (χ1n) is 8.66. The number of carbonyl (C=O) groups is 1. The van der Waals surface area contributed by atoms with Gasteiger partial charge in [-0.3, -0.25) is 14.5 Å². The Bertz CT molecular complexity index is 768. The number of rotatable bonds is 4. The van der Waals surface area contributed by atoms with Crippen molar-refractivity contribution in [3.8, 4) is 0 Å². The molecular weight excluding hydrogens is 320 g/mol. The Labute approximate surface area is 146 Å². The summed E-state index contributed by atoms with van der Waals surface area (Å²) in [5, 5.41) is 4.57. The number of amides is 1. The zero-order valence-electron chi connectivity index (χ0n) is 14.1. The Morgan fingerprint density at radius 1 is 1.42 bits per heavy atom. The van der Waals surface area contributed by atoms with E-state index >= 15 is 0 Å². The van der Waals surface area contributed by atoms with Gasteiger partial charge in [0.25, 0.3) is 5.91 Å². The van der Waals surface area contributed by atoms with Crippen molar-refractivity contribution in [3.05, 3.63) is 35.9 Å². The second-order valence-electron chi connectivity index (χ2n) is 6.57. The van der Waals surface area contributed by atoms with Gasteiger partial charge >= 0.3 is 0 Å². The average Bonchev–Trinajstić information content (AvgIpc) is 3.38. The third-order valence-electron chi connectivity index (χ3n) is 4.91. The van der Waals surface area contributed by atoms with E-state index in [4.69, 9.17) is 0 Å². The Balaban J connectivity index is 1.72. The van der Waals surface area contributed by atoms with Gasteiger partial charge in [-0.25, -0.2) is 0 Å². The van der Waals surface area contributed by atoms with Crippen LogP contribution in [0.4, 0.5) is 5.69 Å². The summed E-state index contributed by atoms with van der Waals surface area (Å²) >= 11 is 1.79. The lowest BCUT2D eigenvalue weighted by Gasteiger charge is -2.28. The van der Waals surface area contributed by atoms with Gasteiger partial charge in [-0.1, -0.05) is 6.92 Å². The number of hydrogen-bond donors (Lipinski definition) is 0. The largest absolute Gasteiger partial charge is 0.305 e. The number of aromatic nitrogens is 3. The average molecular weight is 342 g/mol. The summed E-state index contributed by atoms with van der Waals surface area (Å²) in [6.45, 7) is 5.05. The number of anilines is 1. The predicted octanol–water partition coefficient (Wildman–Crippen LogP) is 3.88. The maximum Gasteiger partial charge on any atom is 0.261 e. The normalized spacial score (nSPS) is 18.3. The van der Waals surface area contributed by atoms with Crippen LogP contribution < -0.4 is 4.90 Å². The van der Waals surface area contributed by atoms with Crippen LogP contribution >= 0.6 is 11.8 Å². The quantitative estimate of drug-likeness (QED) is 0.846. The molecule has 0 bridgehead atoms. The van der Waals surface area contributed by atoms with Crippen molar-refractivity contribution < 1.29 is 4.79 Å². The van der Waals surface area contributed by atoms with Crippen molar-refractivity contribution in [3.63, 3.8) is 0 Å². The molecule has 0 unspecified atom stereocenters. The summed E-state index contributed by atoms with van der Waals surface area (Å²) in [4.78, 5) is 20.5. The molecule has 1 saturated carbocycles. The van der Waals surface area contributed by atoms with Crippen molar-refractivity contribution in [1.29, 1.82) is 0 Å². The van der Waals surface area contributed by atoms with Gasteiger partial charge in [0, 0.05) is 35.3 Å². The second-order valence-corrected chi connectivity index (χ2v) is 7.70. The van der Waals surface area contributed by atoms with Crippen molar-refractivity contribution in [2.45, 2.75) is 50.0 Å². The fourth-order valence-corrected chi connectivity index (χ4v) is 4.21. The number of nitrogens with zero attached hydrogens (tertiary/aromatic N) is 4. The fourth-order valence-electron chi connectivity index (χ4n) is 3.25. The molecule has 0 N–H and O–H groups in total. The molecule has 1 aliphatic heterocycles. The Kier molecular flexibility index (Phi) is 4.08. The summed E-state index contributed by atoms with van der Waals surface area (Å²) in [5.74, 6) is 1.48. The third kappa shape index (κ3) is 2.62. The molecule has 4 rings (SSSR count). The van der Waals surface area contributed by atoms with E-state index in [1.165, 1.54) is 0 Å². The van der Waals surface area contributed by atoms with E-state index < -0.39 is 0 Å². The first kappa shape index (κ1) is 15.7. The number of fused-ring (bicyclic) bond motifs is 1. The fraction of sp³-hybridized carbons (Fsp3) is 0.500. The monoisotopic (exact) mass is 342 g/mol. The number of pyridine rings is 1. The van der Waals surface area contributed by atoms with Gasteiger partial charge in [-0.2, -0.15) is 5.10 Å². The van der Waals surface area contributed by atoms with Gasteiger partial charge in [-0.15, -0.1) is 11.8 Å². The van der Waals surface area contributed by atoms with Crippen molar-refractivity contribution in [1.82, 2.24) is 14.8 Å². The Hall–Kier alpha value is -1.82. The zero-order valence-corrected chi connectivity index (χ0v) is 14.9. The van der Waals surface area contributed by atoms with E-state index in [1.54, 1.807) is 30.4 Å². The number of hydrogen-bond acceptors (Lipinski definition) is 4. The standard InChI is InChI=1S/C18H22N4OS/c1-3-12(2)22-17(13-4-5-13)14(10-20-22)18(23)21-8-9-24-16-6-7-19-11-15(16)21/h6-7,10-13H,3-5,8-9H2,1-2H3/t12-/m0/s1. The minimum atomic E-state index is 0.0704. The first-order chi connectivity index (χ1) is 11.7. The molecule has 0 saturated heterocycles. The summed E-state index contributed by atoms with van der Waals surface area (Å²) in [7, 11) is 0. The lowest BCUT2D eigenvalue weighted by atomic mass is 10.1. The van der Waals surface area contributed by atoms with Gasteiger partial charge in [0.2, 0.25) is 0 Å². The highest BCUT2D eigenvalue weighted by atomic mass is 32.2. The predicted molar refractivity (Wildman–Crippen MR) is 95.8 cm³/mol. The highest BCUT2D eigenvalue weighted by Gasteiger charge is 2.35. The summed E-state index contributed by atoms with van der Waals surface area (Å²) in [6, 6.07) is 2.32. The molecule has 1 fully saturated rings. The SMILES string of the molecule is CC[C@H](C)n1ncc(C(=O)N2CCSc3ccncc32)c1C1CC1. The molecule has 6 heteroatoms. The van der Waals surface area contributed by atoms with Crippen LogP contribution in [0.2, 0.25) is 0 Å². The smallest absolute Gasteiger partial charge is 0.261 e. The zero-order chi connectivity index (χ0) is 16.7. The van der Waals surface area contributed by atoms with E-state index in [0.29, 0.717) is 12.0 Å². The molecule has 0 aromatic carbocycles. The van der Waals surface area contributed by atoms with E-state index in [-0.39, 0.29) is 5.91 Å². The van der Waals surface area contributed by atoms with Gasteiger partial charge in [0.05, 0.1) is 29.3 Å². The van der Waals surface area contributed by atoms with Gasteiger partial charge in [0.15, 0.2) is 0 Å².